The van der Waals surface area contributed by atoms with Crippen LogP contribution in [0.15, 0.2) is 29.3 Å². The lowest BCUT2D eigenvalue weighted by atomic mass is 9.46. The van der Waals surface area contributed by atoms with Crippen LogP contribution < -0.4 is 0 Å². The molecule has 2 aromatic rings. The zero-order valence-electron chi connectivity index (χ0n) is 20.4. The van der Waals surface area contributed by atoms with Crippen LogP contribution in [0.1, 0.15) is 65.2 Å². The van der Waals surface area contributed by atoms with Crippen LogP contribution in [0.4, 0.5) is 0 Å². The molecule has 3 fully saturated rings. The Hall–Kier alpha value is -2.02. The van der Waals surface area contributed by atoms with E-state index in [0.717, 1.165) is 48.3 Å². The van der Waals surface area contributed by atoms with Gasteiger partial charge in [-0.2, -0.15) is 0 Å². The Balaban J connectivity index is 1.24. The molecule has 2 heterocycles. The molecule has 7 heteroatoms. The molecule has 6 atom stereocenters. The molecule has 34 heavy (non-hydrogen) atoms. The third kappa shape index (κ3) is 3.18. The maximum Gasteiger partial charge on any atom is 0.164 e. The first-order valence-corrected chi connectivity index (χ1v) is 14.0. The molecule has 0 radical (unpaired) electrons. The van der Waals surface area contributed by atoms with E-state index in [1.165, 1.54) is 18.4 Å². The number of thioether (sulfide) groups is 1. The van der Waals surface area contributed by atoms with Crippen LogP contribution in [-0.4, -0.2) is 37.3 Å². The summed E-state index contributed by atoms with van der Waals surface area (Å²) in [5.41, 5.74) is 3.21. The third-order valence-electron chi connectivity index (χ3n) is 10.2. The lowest BCUT2D eigenvalue weighted by Crippen LogP contribution is -2.51. The first kappa shape index (κ1) is 22.4. The quantitative estimate of drug-likeness (QED) is 0.440. The molecule has 0 aromatic carbocycles. The number of hydrogen-bond acceptors (Lipinski definition) is 6. The number of carbonyl (C=O) groups is 2. The average molecular weight is 479 g/mol. The van der Waals surface area contributed by atoms with Crippen LogP contribution in [0.3, 0.4) is 0 Å². The van der Waals surface area contributed by atoms with Crippen molar-refractivity contribution in [2.45, 2.75) is 76.8 Å². The molecule has 5 unspecified atom stereocenters. The Morgan fingerprint density at radius 3 is 2.76 bits per heavy atom. The molecule has 0 saturated heterocycles. The fourth-order valence-corrected chi connectivity index (χ4v) is 8.98. The Kier molecular flexibility index (Phi) is 5.28. The monoisotopic (exact) mass is 478 g/mol. The van der Waals surface area contributed by atoms with Gasteiger partial charge < -0.3 is 4.57 Å². The number of nitrogens with zero attached hydrogens (tertiary/aromatic N) is 4. The Morgan fingerprint density at radius 2 is 1.94 bits per heavy atom. The van der Waals surface area contributed by atoms with E-state index in [1.54, 1.807) is 24.4 Å². The Labute approximate surface area is 205 Å². The van der Waals surface area contributed by atoms with Crippen LogP contribution in [0.5, 0.6) is 0 Å². The van der Waals surface area contributed by atoms with Gasteiger partial charge in [-0.15, -0.1) is 11.8 Å². The van der Waals surface area contributed by atoms with Crippen molar-refractivity contribution in [1.82, 2.24) is 19.5 Å². The first-order chi connectivity index (χ1) is 16.3. The van der Waals surface area contributed by atoms with E-state index in [1.807, 2.05) is 16.9 Å². The summed E-state index contributed by atoms with van der Waals surface area (Å²) in [6.07, 6.45) is 15.7. The van der Waals surface area contributed by atoms with E-state index in [9.17, 15) is 9.59 Å². The maximum absolute atomic E-state index is 13.7. The van der Waals surface area contributed by atoms with Crippen LogP contribution in [-0.2, 0) is 16.1 Å². The summed E-state index contributed by atoms with van der Waals surface area (Å²) in [5.74, 6) is 2.71. The van der Waals surface area contributed by atoms with Gasteiger partial charge in [0.1, 0.15) is 16.9 Å². The molecular weight excluding hydrogens is 444 g/mol. The van der Waals surface area contributed by atoms with Gasteiger partial charge in [-0.25, -0.2) is 15.0 Å². The van der Waals surface area contributed by atoms with E-state index >= 15 is 0 Å². The van der Waals surface area contributed by atoms with Gasteiger partial charge in [-0.05, 0) is 85.9 Å². The Bertz CT molecular complexity index is 1200. The predicted octanol–water partition coefficient (Wildman–Crippen LogP) is 5.27. The largest absolute Gasteiger partial charge is 0.308 e. The van der Waals surface area contributed by atoms with Crippen molar-refractivity contribution in [3.05, 3.63) is 24.3 Å². The highest BCUT2D eigenvalue weighted by atomic mass is 32.2. The van der Waals surface area contributed by atoms with Gasteiger partial charge in [0.05, 0.1) is 12.9 Å². The minimum atomic E-state index is 0.0795. The minimum absolute atomic E-state index is 0.0795. The fourth-order valence-electron chi connectivity index (χ4n) is 8.49. The summed E-state index contributed by atoms with van der Waals surface area (Å²) in [7, 11) is 0. The number of carbonyl (C=O) groups excluding carboxylic acids is 2. The van der Waals surface area contributed by atoms with Crippen LogP contribution in [0, 0.1) is 34.5 Å². The number of imidazole rings is 1. The molecule has 0 amide bonds. The summed E-state index contributed by atoms with van der Waals surface area (Å²) < 4.78 is 1.92. The third-order valence-corrected chi connectivity index (χ3v) is 10.9. The maximum atomic E-state index is 13.7. The van der Waals surface area contributed by atoms with Gasteiger partial charge in [0.15, 0.2) is 17.2 Å². The van der Waals surface area contributed by atoms with Crippen LogP contribution in [0.25, 0.3) is 11.2 Å². The smallest absolute Gasteiger partial charge is 0.164 e. The molecule has 6 nitrogen and oxygen atoms in total. The van der Waals surface area contributed by atoms with Crippen molar-refractivity contribution in [3.8, 4) is 0 Å². The van der Waals surface area contributed by atoms with Gasteiger partial charge in [-0.3, -0.25) is 9.59 Å². The molecule has 3 saturated carbocycles. The molecule has 0 bridgehead atoms. The van der Waals surface area contributed by atoms with Crippen LogP contribution >= 0.6 is 11.8 Å². The highest BCUT2D eigenvalue weighted by molar-refractivity contribution is 7.98. The highest BCUT2D eigenvalue weighted by Gasteiger charge is 2.60. The van der Waals surface area contributed by atoms with Crippen LogP contribution in [0.2, 0.25) is 0 Å². The van der Waals surface area contributed by atoms with E-state index in [-0.39, 0.29) is 16.7 Å². The number of allylic oxidation sites excluding steroid dienone is 1. The number of rotatable bonds is 4. The van der Waals surface area contributed by atoms with Crippen molar-refractivity contribution >= 4 is 34.5 Å². The second-order valence-corrected chi connectivity index (χ2v) is 12.3. The summed E-state index contributed by atoms with van der Waals surface area (Å²) >= 11 is 1.55. The van der Waals surface area contributed by atoms with Crippen molar-refractivity contribution < 1.29 is 9.59 Å². The van der Waals surface area contributed by atoms with Gasteiger partial charge in [0, 0.05) is 12.3 Å². The van der Waals surface area contributed by atoms with Crippen molar-refractivity contribution in [1.29, 1.82) is 0 Å². The van der Waals surface area contributed by atoms with E-state index in [2.05, 4.69) is 28.8 Å². The van der Waals surface area contributed by atoms with E-state index in [0.29, 0.717) is 42.3 Å². The summed E-state index contributed by atoms with van der Waals surface area (Å²) in [4.78, 5) is 39.0. The standard InChI is InChI=1S/C27H34N4O2S/c1-26-10-8-17(32)12-16(26)4-5-18-19-6-7-21(27(19,2)11-9-20(18)26)22(33)13-31-15-30-23-24(31)28-14-29-25(23)34-3/h12,14-15,18-21H,4-11,13H2,1-3H3/t18?,19?,20?,21?,26-,27?/m1/s1. The van der Waals surface area contributed by atoms with Crippen molar-refractivity contribution in [2.75, 3.05) is 6.26 Å². The number of aromatic nitrogens is 4. The first-order valence-electron chi connectivity index (χ1n) is 12.8. The van der Waals surface area contributed by atoms with E-state index < -0.39 is 0 Å². The second-order valence-electron chi connectivity index (χ2n) is 11.5. The van der Waals surface area contributed by atoms with Gasteiger partial charge in [0.2, 0.25) is 0 Å². The molecular formula is C27H34N4O2S. The lowest BCUT2D eigenvalue weighted by Gasteiger charge is -2.58. The summed E-state index contributed by atoms with van der Waals surface area (Å²) in [6, 6.07) is 0. The molecule has 0 aliphatic heterocycles. The fraction of sp³-hybridized carbons (Fsp3) is 0.667. The summed E-state index contributed by atoms with van der Waals surface area (Å²) in [5, 5.41) is 0.853. The summed E-state index contributed by atoms with van der Waals surface area (Å²) in [6.45, 7) is 5.17. The van der Waals surface area contributed by atoms with Crippen molar-refractivity contribution in [3.63, 3.8) is 0 Å². The molecule has 4 aliphatic rings. The topological polar surface area (TPSA) is 77.7 Å². The number of fused-ring (bicyclic) bond motifs is 6. The number of Topliss-reactive ketones (excluding diaryl/α,β-unsaturated/α-hetero) is 1. The predicted molar refractivity (Wildman–Crippen MR) is 132 cm³/mol. The zero-order chi connectivity index (χ0) is 23.7. The van der Waals surface area contributed by atoms with Crippen molar-refractivity contribution in [2.24, 2.45) is 34.5 Å². The lowest BCUT2D eigenvalue weighted by molar-refractivity contribution is -0.131. The molecule has 6 rings (SSSR count). The number of ketones is 2. The molecule has 2 aromatic heterocycles. The zero-order valence-corrected chi connectivity index (χ0v) is 21.2. The minimum Gasteiger partial charge on any atom is -0.308 e. The molecule has 4 aliphatic carbocycles. The normalized spacial score (nSPS) is 37.1. The Morgan fingerprint density at radius 1 is 1.09 bits per heavy atom. The van der Waals surface area contributed by atoms with Gasteiger partial charge >= 0.3 is 0 Å². The molecule has 0 N–H and O–H groups in total. The van der Waals surface area contributed by atoms with Gasteiger partial charge in [0.25, 0.3) is 0 Å². The second kappa shape index (κ2) is 8.00. The SMILES string of the molecule is CSc1ncnc2c1ncn2CC(=O)C1CCC2C3CCC4=CC(=O)CC[C@@]4(C)C3CCC12C. The average Bonchev–Trinajstić information content (AvgIpc) is 3.40. The van der Waals surface area contributed by atoms with E-state index in [4.69, 9.17) is 0 Å². The van der Waals surface area contributed by atoms with Gasteiger partial charge in [-0.1, -0.05) is 19.4 Å². The highest BCUT2D eigenvalue weighted by Crippen LogP contribution is 2.66. The molecule has 0 spiro atoms. The number of hydrogen-bond donors (Lipinski definition) is 0. The molecule has 180 valence electrons.